The summed E-state index contributed by atoms with van der Waals surface area (Å²) >= 11 is 1.62. The Hall–Kier alpha value is -0.710. The summed E-state index contributed by atoms with van der Waals surface area (Å²) in [7, 11) is 0. The Balaban J connectivity index is 3.50. The van der Waals surface area contributed by atoms with E-state index in [0.29, 0.717) is 12.2 Å². The van der Waals surface area contributed by atoms with Gasteiger partial charge >= 0.3 is 5.97 Å². The molecule has 0 aromatic rings. The van der Waals surface area contributed by atoms with Crippen molar-refractivity contribution in [1.29, 1.82) is 0 Å². The molecule has 5 heteroatoms. The highest BCUT2D eigenvalue weighted by Gasteiger charge is 2.08. The number of carboxylic acid groups (broad SMARTS) is 1. The van der Waals surface area contributed by atoms with E-state index in [1.165, 1.54) is 0 Å². The molecule has 0 aromatic heterocycles. The van der Waals surface area contributed by atoms with Gasteiger partial charge in [0.25, 0.3) is 0 Å². The molecule has 0 aliphatic heterocycles. The highest BCUT2D eigenvalue weighted by molar-refractivity contribution is 7.99. The summed E-state index contributed by atoms with van der Waals surface area (Å²) in [6.07, 6.45) is 2.86. The van der Waals surface area contributed by atoms with Gasteiger partial charge in [0.15, 0.2) is 0 Å². The van der Waals surface area contributed by atoms with Gasteiger partial charge in [-0.1, -0.05) is 13.3 Å². The molecule has 1 amide bonds. The van der Waals surface area contributed by atoms with Crippen molar-refractivity contribution < 1.29 is 14.7 Å². The van der Waals surface area contributed by atoms with Gasteiger partial charge in [-0.05, 0) is 25.5 Å². The number of carbonyl (C=O) groups is 2. The molecule has 94 valence electrons. The Morgan fingerprint density at radius 2 is 2.12 bits per heavy atom. The molecule has 16 heavy (non-hydrogen) atoms. The molecule has 0 aliphatic rings. The zero-order valence-corrected chi connectivity index (χ0v) is 10.8. The number of rotatable bonds is 9. The standard InChI is InChI=1S/C11H21NO3S/c1-3-4-7-16-8-10(13)12-9(2)5-6-11(14)15/h9H,3-8H2,1-2H3,(H,12,13)(H,14,15). The number of aliphatic carboxylic acids is 1. The van der Waals surface area contributed by atoms with Crippen molar-refractivity contribution in [2.45, 2.75) is 45.6 Å². The highest BCUT2D eigenvalue weighted by atomic mass is 32.2. The summed E-state index contributed by atoms with van der Waals surface area (Å²) in [6, 6.07) is -0.0598. The van der Waals surface area contributed by atoms with Crippen LogP contribution in [0.5, 0.6) is 0 Å². The third-order valence-electron chi connectivity index (χ3n) is 2.07. The molecule has 0 spiro atoms. The van der Waals surface area contributed by atoms with Crippen LogP contribution in [0.2, 0.25) is 0 Å². The Morgan fingerprint density at radius 3 is 2.69 bits per heavy atom. The smallest absolute Gasteiger partial charge is 0.303 e. The average Bonchev–Trinajstić information content (AvgIpc) is 2.21. The summed E-state index contributed by atoms with van der Waals surface area (Å²) in [5, 5.41) is 11.3. The number of carboxylic acids is 1. The van der Waals surface area contributed by atoms with Crippen LogP contribution in [0.3, 0.4) is 0 Å². The number of amides is 1. The van der Waals surface area contributed by atoms with E-state index < -0.39 is 5.97 Å². The van der Waals surface area contributed by atoms with E-state index in [0.717, 1.165) is 18.6 Å². The van der Waals surface area contributed by atoms with Gasteiger partial charge < -0.3 is 10.4 Å². The molecule has 4 nitrogen and oxygen atoms in total. The van der Waals surface area contributed by atoms with Gasteiger partial charge in [-0.15, -0.1) is 0 Å². The van der Waals surface area contributed by atoms with Crippen LogP contribution in [0.15, 0.2) is 0 Å². The molecule has 0 saturated carbocycles. The molecule has 1 unspecified atom stereocenters. The lowest BCUT2D eigenvalue weighted by molar-refractivity contribution is -0.137. The Morgan fingerprint density at radius 1 is 1.44 bits per heavy atom. The number of nitrogens with one attached hydrogen (secondary N) is 1. The number of carbonyl (C=O) groups excluding carboxylic acids is 1. The fraction of sp³-hybridized carbons (Fsp3) is 0.818. The first-order valence-corrected chi connectivity index (χ1v) is 6.80. The quantitative estimate of drug-likeness (QED) is 0.611. The maximum absolute atomic E-state index is 11.4. The Kier molecular flexibility index (Phi) is 9.09. The van der Waals surface area contributed by atoms with E-state index in [2.05, 4.69) is 12.2 Å². The monoisotopic (exact) mass is 247 g/mol. The van der Waals surface area contributed by atoms with Gasteiger partial charge in [0, 0.05) is 12.5 Å². The van der Waals surface area contributed by atoms with Gasteiger partial charge in [-0.2, -0.15) is 11.8 Å². The molecule has 0 rings (SSSR count). The minimum absolute atomic E-state index is 0.000933. The van der Waals surface area contributed by atoms with Gasteiger partial charge in [-0.3, -0.25) is 9.59 Å². The first kappa shape index (κ1) is 15.3. The number of unbranched alkanes of at least 4 members (excludes halogenated alkanes) is 1. The first-order valence-electron chi connectivity index (χ1n) is 5.65. The topological polar surface area (TPSA) is 66.4 Å². The van der Waals surface area contributed by atoms with Crippen LogP contribution in [0.1, 0.15) is 39.5 Å². The van der Waals surface area contributed by atoms with Crippen molar-refractivity contribution in [3.05, 3.63) is 0 Å². The lowest BCUT2D eigenvalue weighted by Gasteiger charge is -2.12. The van der Waals surface area contributed by atoms with Gasteiger partial charge in [0.2, 0.25) is 5.91 Å². The number of hydrogen-bond donors (Lipinski definition) is 2. The maximum atomic E-state index is 11.4. The predicted octanol–water partition coefficient (Wildman–Crippen LogP) is 1.89. The molecule has 0 radical (unpaired) electrons. The summed E-state index contributed by atoms with van der Waals surface area (Å²) < 4.78 is 0. The lowest BCUT2D eigenvalue weighted by atomic mass is 10.2. The zero-order valence-electron chi connectivity index (χ0n) is 9.99. The van der Waals surface area contributed by atoms with Crippen LogP contribution in [0, 0.1) is 0 Å². The van der Waals surface area contributed by atoms with Crippen molar-refractivity contribution in [3.63, 3.8) is 0 Å². The number of hydrogen-bond acceptors (Lipinski definition) is 3. The second-order valence-electron chi connectivity index (χ2n) is 3.81. The molecular formula is C11H21NO3S. The second kappa shape index (κ2) is 9.51. The summed E-state index contributed by atoms with van der Waals surface area (Å²) in [5.41, 5.74) is 0. The van der Waals surface area contributed by atoms with Crippen LogP contribution in [-0.4, -0.2) is 34.5 Å². The Bertz CT molecular complexity index is 221. The second-order valence-corrected chi connectivity index (χ2v) is 4.91. The van der Waals surface area contributed by atoms with Gasteiger partial charge in [0.05, 0.1) is 5.75 Å². The van der Waals surface area contributed by atoms with Gasteiger partial charge in [0.1, 0.15) is 0 Å². The van der Waals surface area contributed by atoms with E-state index in [-0.39, 0.29) is 18.4 Å². The van der Waals surface area contributed by atoms with Crippen LogP contribution >= 0.6 is 11.8 Å². The molecule has 1 atom stereocenters. The molecule has 0 aromatic carbocycles. The fourth-order valence-electron chi connectivity index (χ4n) is 1.14. The molecular weight excluding hydrogens is 226 g/mol. The van der Waals surface area contributed by atoms with E-state index in [1.54, 1.807) is 11.8 Å². The van der Waals surface area contributed by atoms with Crippen molar-refractivity contribution in [2.24, 2.45) is 0 Å². The van der Waals surface area contributed by atoms with Crippen molar-refractivity contribution >= 4 is 23.6 Å². The van der Waals surface area contributed by atoms with Crippen LogP contribution < -0.4 is 5.32 Å². The predicted molar refractivity (Wildman–Crippen MR) is 66.7 cm³/mol. The van der Waals surface area contributed by atoms with Crippen LogP contribution in [0.25, 0.3) is 0 Å². The van der Waals surface area contributed by atoms with Crippen LogP contribution in [0.4, 0.5) is 0 Å². The fourth-order valence-corrected chi connectivity index (χ4v) is 2.05. The molecule has 0 heterocycles. The van der Waals surface area contributed by atoms with E-state index in [1.807, 2.05) is 6.92 Å². The first-order chi connectivity index (χ1) is 7.56. The SMILES string of the molecule is CCCCSCC(=O)NC(C)CCC(=O)O. The molecule has 0 fully saturated rings. The summed E-state index contributed by atoms with van der Waals surface area (Å²) in [6.45, 7) is 3.95. The largest absolute Gasteiger partial charge is 0.481 e. The minimum Gasteiger partial charge on any atom is -0.481 e. The van der Waals surface area contributed by atoms with Gasteiger partial charge in [-0.25, -0.2) is 0 Å². The van der Waals surface area contributed by atoms with E-state index in [4.69, 9.17) is 5.11 Å². The number of thioether (sulfide) groups is 1. The van der Waals surface area contributed by atoms with Crippen molar-refractivity contribution in [1.82, 2.24) is 5.32 Å². The minimum atomic E-state index is -0.821. The highest BCUT2D eigenvalue weighted by Crippen LogP contribution is 2.04. The van der Waals surface area contributed by atoms with Crippen LogP contribution in [-0.2, 0) is 9.59 Å². The van der Waals surface area contributed by atoms with E-state index in [9.17, 15) is 9.59 Å². The molecule has 0 bridgehead atoms. The summed E-state index contributed by atoms with van der Waals surface area (Å²) in [5.74, 6) is 0.655. The maximum Gasteiger partial charge on any atom is 0.303 e. The van der Waals surface area contributed by atoms with E-state index >= 15 is 0 Å². The molecule has 2 N–H and O–H groups in total. The summed E-state index contributed by atoms with van der Waals surface area (Å²) in [4.78, 5) is 21.7. The van der Waals surface area contributed by atoms with Crippen molar-refractivity contribution in [3.8, 4) is 0 Å². The molecule has 0 aliphatic carbocycles. The third-order valence-corrected chi connectivity index (χ3v) is 3.12. The zero-order chi connectivity index (χ0) is 12.4. The average molecular weight is 247 g/mol. The third kappa shape index (κ3) is 9.83. The molecule has 0 saturated heterocycles. The normalized spacial score (nSPS) is 12.1. The lowest BCUT2D eigenvalue weighted by Crippen LogP contribution is -2.34. The van der Waals surface area contributed by atoms with Crippen molar-refractivity contribution in [2.75, 3.05) is 11.5 Å². The Labute approximate surface area is 101 Å².